The highest BCUT2D eigenvalue weighted by Crippen LogP contribution is 2.31. The van der Waals surface area contributed by atoms with Crippen LogP contribution in [0.1, 0.15) is 50.0 Å². The Morgan fingerprint density at radius 1 is 1.09 bits per heavy atom. The third-order valence-electron chi connectivity index (χ3n) is 6.19. The summed E-state index contributed by atoms with van der Waals surface area (Å²) in [6.45, 7) is 10.1. The standard InChI is InChI=1S/C28H32N2O3S/c1-6-13-29(15-16-33-5)26(31)23-18-22(19-7-9-21(10-8-19)28(2,3)4)27(32)30-14-11-20-12-17-34-25(20)24(23)30/h7-12,14,17-18H,6,13,15-16H2,1-5H3. The van der Waals surface area contributed by atoms with Gasteiger partial charge >= 0.3 is 0 Å². The van der Waals surface area contributed by atoms with Crippen molar-refractivity contribution in [2.24, 2.45) is 0 Å². The Morgan fingerprint density at radius 3 is 2.47 bits per heavy atom. The van der Waals surface area contributed by atoms with Gasteiger partial charge in [-0.2, -0.15) is 0 Å². The molecule has 0 bridgehead atoms. The zero-order chi connectivity index (χ0) is 24.5. The first-order valence-corrected chi connectivity index (χ1v) is 12.6. The molecule has 0 aliphatic carbocycles. The fraction of sp³-hybridized carbons (Fsp3) is 0.357. The fourth-order valence-electron chi connectivity index (χ4n) is 4.28. The molecule has 0 fully saturated rings. The first-order chi connectivity index (χ1) is 16.3. The summed E-state index contributed by atoms with van der Waals surface area (Å²) in [7, 11) is 1.64. The Kier molecular flexibility index (Phi) is 6.91. The van der Waals surface area contributed by atoms with Gasteiger partial charge in [0.1, 0.15) is 0 Å². The van der Waals surface area contributed by atoms with Crippen LogP contribution >= 0.6 is 11.3 Å². The van der Waals surface area contributed by atoms with Crippen LogP contribution in [0.2, 0.25) is 0 Å². The molecule has 4 aromatic rings. The van der Waals surface area contributed by atoms with Crippen molar-refractivity contribution in [3.8, 4) is 11.1 Å². The number of amides is 1. The number of nitrogens with zero attached hydrogens (tertiary/aromatic N) is 2. The summed E-state index contributed by atoms with van der Waals surface area (Å²) in [6, 6.07) is 13.8. The largest absolute Gasteiger partial charge is 0.383 e. The lowest BCUT2D eigenvalue weighted by atomic mass is 9.86. The van der Waals surface area contributed by atoms with Crippen molar-refractivity contribution in [2.45, 2.75) is 39.5 Å². The van der Waals surface area contributed by atoms with Gasteiger partial charge in [-0.05, 0) is 51.9 Å². The quantitative estimate of drug-likeness (QED) is 0.330. The van der Waals surface area contributed by atoms with Crippen LogP contribution in [0.3, 0.4) is 0 Å². The molecule has 3 heterocycles. The summed E-state index contributed by atoms with van der Waals surface area (Å²) in [5.41, 5.74) is 3.66. The summed E-state index contributed by atoms with van der Waals surface area (Å²) < 4.78 is 7.84. The van der Waals surface area contributed by atoms with Crippen LogP contribution in [-0.2, 0) is 10.2 Å². The van der Waals surface area contributed by atoms with Gasteiger partial charge in [0, 0.05) is 32.0 Å². The molecule has 0 radical (unpaired) electrons. The summed E-state index contributed by atoms with van der Waals surface area (Å²) in [5.74, 6) is -0.0788. The van der Waals surface area contributed by atoms with Gasteiger partial charge in [0.15, 0.2) is 0 Å². The average Bonchev–Trinajstić information content (AvgIpc) is 3.30. The lowest BCUT2D eigenvalue weighted by Crippen LogP contribution is -2.35. The second-order valence-corrected chi connectivity index (χ2v) is 10.5. The predicted octanol–water partition coefficient (Wildman–Crippen LogP) is 5.98. The molecule has 1 amide bonds. The predicted molar refractivity (Wildman–Crippen MR) is 141 cm³/mol. The highest BCUT2D eigenvalue weighted by atomic mass is 32.1. The molecule has 6 heteroatoms. The average molecular weight is 477 g/mol. The minimum absolute atomic E-state index is 0.0187. The second kappa shape index (κ2) is 9.72. The van der Waals surface area contributed by atoms with Crippen LogP contribution in [0.15, 0.2) is 58.8 Å². The molecule has 0 aliphatic heterocycles. The van der Waals surface area contributed by atoms with Crippen molar-refractivity contribution in [3.63, 3.8) is 0 Å². The van der Waals surface area contributed by atoms with E-state index >= 15 is 0 Å². The number of methoxy groups -OCH3 is 1. The zero-order valence-corrected chi connectivity index (χ0v) is 21.4. The lowest BCUT2D eigenvalue weighted by Gasteiger charge is -2.23. The number of ether oxygens (including phenoxy) is 1. The molecule has 1 aromatic carbocycles. The number of rotatable bonds is 7. The minimum Gasteiger partial charge on any atom is -0.383 e. The van der Waals surface area contributed by atoms with E-state index in [1.54, 1.807) is 35.1 Å². The molecule has 5 nitrogen and oxygen atoms in total. The van der Waals surface area contributed by atoms with Gasteiger partial charge in [0.25, 0.3) is 11.5 Å². The number of pyridine rings is 2. The SMILES string of the molecule is CCCN(CCOC)C(=O)c1cc(-c2ccc(C(C)(C)C)cc2)c(=O)n2ccc3ccsc3c12. The highest BCUT2D eigenvalue weighted by molar-refractivity contribution is 7.18. The van der Waals surface area contributed by atoms with Crippen molar-refractivity contribution < 1.29 is 9.53 Å². The number of fused-ring (bicyclic) bond motifs is 3. The summed E-state index contributed by atoms with van der Waals surface area (Å²) >= 11 is 1.55. The number of benzene rings is 1. The smallest absolute Gasteiger partial charge is 0.263 e. The fourth-order valence-corrected chi connectivity index (χ4v) is 5.23. The van der Waals surface area contributed by atoms with Crippen LogP contribution in [-0.4, -0.2) is 42.0 Å². The maximum Gasteiger partial charge on any atom is 0.263 e. The van der Waals surface area contributed by atoms with E-state index in [1.807, 2.05) is 34.5 Å². The monoisotopic (exact) mass is 476 g/mol. The van der Waals surface area contributed by atoms with Gasteiger partial charge in [-0.25, -0.2) is 0 Å². The molecular formula is C28H32N2O3S. The molecule has 0 aliphatic rings. The molecule has 0 saturated carbocycles. The molecule has 0 N–H and O–H groups in total. The zero-order valence-electron chi connectivity index (χ0n) is 20.6. The van der Waals surface area contributed by atoms with Crippen LogP contribution < -0.4 is 5.56 Å². The van der Waals surface area contributed by atoms with Gasteiger partial charge in [-0.3, -0.25) is 14.0 Å². The molecular weight excluding hydrogens is 444 g/mol. The Morgan fingerprint density at radius 2 is 1.82 bits per heavy atom. The van der Waals surface area contributed by atoms with Crippen LogP contribution in [0, 0.1) is 0 Å². The van der Waals surface area contributed by atoms with Crippen molar-refractivity contribution in [2.75, 3.05) is 26.8 Å². The van der Waals surface area contributed by atoms with E-state index < -0.39 is 0 Å². The molecule has 0 atom stereocenters. The topological polar surface area (TPSA) is 51.0 Å². The number of carbonyl (C=O) groups is 1. The number of aromatic nitrogens is 1. The van der Waals surface area contributed by atoms with Gasteiger partial charge in [0.2, 0.25) is 0 Å². The van der Waals surface area contributed by atoms with Gasteiger partial charge in [-0.1, -0.05) is 52.0 Å². The molecule has 0 unspecified atom stereocenters. The third-order valence-corrected chi connectivity index (χ3v) is 7.12. The third kappa shape index (κ3) is 4.52. The lowest BCUT2D eigenvalue weighted by molar-refractivity contribution is 0.0697. The van der Waals surface area contributed by atoms with E-state index in [9.17, 15) is 9.59 Å². The van der Waals surface area contributed by atoms with E-state index in [4.69, 9.17) is 4.74 Å². The van der Waals surface area contributed by atoms with Gasteiger partial charge in [-0.15, -0.1) is 11.3 Å². The highest BCUT2D eigenvalue weighted by Gasteiger charge is 2.23. The maximum absolute atomic E-state index is 13.9. The molecule has 178 valence electrons. The van der Waals surface area contributed by atoms with Crippen LogP contribution in [0.25, 0.3) is 26.7 Å². The van der Waals surface area contributed by atoms with Crippen molar-refractivity contribution in [1.82, 2.24) is 9.30 Å². The Labute approximate surface area is 204 Å². The van der Waals surface area contributed by atoms with Crippen LogP contribution in [0.4, 0.5) is 0 Å². The van der Waals surface area contributed by atoms with Gasteiger partial charge in [0.05, 0.1) is 22.4 Å². The first kappa shape index (κ1) is 24.2. The van der Waals surface area contributed by atoms with Crippen molar-refractivity contribution in [3.05, 3.63) is 75.5 Å². The van der Waals surface area contributed by atoms with E-state index in [2.05, 4.69) is 39.8 Å². The Bertz CT molecular complexity index is 1380. The molecule has 34 heavy (non-hydrogen) atoms. The second-order valence-electron chi connectivity index (χ2n) is 9.63. The Balaban J connectivity index is 1.96. The molecule has 4 rings (SSSR count). The first-order valence-electron chi connectivity index (χ1n) is 11.7. The normalized spacial score (nSPS) is 11.9. The number of hydrogen-bond donors (Lipinski definition) is 0. The summed E-state index contributed by atoms with van der Waals surface area (Å²) in [6.07, 6.45) is 2.63. The number of thiophene rings is 1. The Hall–Kier alpha value is -2.96. The van der Waals surface area contributed by atoms with Crippen LogP contribution in [0.5, 0.6) is 0 Å². The van der Waals surface area contributed by atoms with Gasteiger partial charge < -0.3 is 9.64 Å². The van der Waals surface area contributed by atoms with E-state index in [1.165, 1.54) is 5.56 Å². The summed E-state index contributed by atoms with van der Waals surface area (Å²) in [5, 5.41) is 3.02. The molecule has 3 aromatic heterocycles. The van der Waals surface area contributed by atoms with E-state index in [-0.39, 0.29) is 16.9 Å². The molecule has 0 spiro atoms. The molecule has 0 saturated heterocycles. The summed E-state index contributed by atoms with van der Waals surface area (Å²) in [4.78, 5) is 29.3. The number of carbonyl (C=O) groups excluding carboxylic acids is 1. The van der Waals surface area contributed by atoms with E-state index in [0.717, 1.165) is 22.1 Å². The van der Waals surface area contributed by atoms with Crippen molar-refractivity contribution >= 4 is 32.8 Å². The number of hydrogen-bond acceptors (Lipinski definition) is 4. The van der Waals surface area contributed by atoms with Crippen molar-refractivity contribution in [1.29, 1.82) is 0 Å². The van der Waals surface area contributed by atoms with E-state index in [0.29, 0.717) is 36.3 Å². The maximum atomic E-state index is 13.9. The minimum atomic E-state index is -0.121.